The number of halogens is 1. The predicted molar refractivity (Wildman–Crippen MR) is 95.4 cm³/mol. The number of allylic oxidation sites excluding steroid dienone is 7. The molecule has 0 bridgehead atoms. The summed E-state index contributed by atoms with van der Waals surface area (Å²) in [7, 11) is 0. The van der Waals surface area contributed by atoms with E-state index in [1.807, 2.05) is 25.1 Å². The fourth-order valence-corrected chi connectivity index (χ4v) is 2.11. The fraction of sp³-hybridized carbons (Fsp3) is 0.222. The van der Waals surface area contributed by atoms with Crippen LogP contribution < -0.4 is 0 Å². The first kappa shape index (κ1) is 16.0. The number of rotatable bonds is 1. The molecule has 0 amide bonds. The van der Waals surface area contributed by atoms with E-state index in [-0.39, 0.29) is 0 Å². The third kappa shape index (κ3) is 6.06. The van der Waals surface area contributed by atoms with Crippen molar-refractivity contribution in [3.8, 4) is 0 Å². The van der Waals surface area contributed by atoms with Crippen LogP contribution in [0, 0.1) is 0 Å². The molecule has 1 heteroatoms. The molecule has 2 rings (SSSR count). The molecule has 0 nitrogen and oxygen atoms in total. The highest BCUT2D eigenvalue weighted by Gasteiger charge is 1.97. The second kappa shape index (κ2) is 8.16. The van der Waals surface area contributed by atoms with Crippen molar-refractivity contribution >= 4 is 28.2 Å². The molecule has 100 valence electrons. The van der Waals surface area contributed by atoms with Crippen molar-refractivity contribution in [3.05, 3.63) is 75.4 Å². The normalized spacial score (nSPS) is 14.2. The lowest BCUT2D eigenvalue weighted by Gasteiger charge is -1.94. The summed E-state index contributed by atoms with van der Waals surface area (Å²) in [6.45, 7) is 10.1. The van der Waals surface area contributed by atoms with Gasteiger partial charge in [-0.2, -0.15) is 0 Å². The van der Waals surface area contributed by atoms with Crippen LogP contribution in [0.3, 0.4) is 0 Å². The van der Waals surface area contributed by atoms with Crippen LogP contribution in [0.4, 0.5) is 0 Å². The highest BCUT2D eigenvalue weighted by atomic mass is 127. The molecular formula is C18H21I. The van der Waals surface area contributed by atoms with Crippen molar-refractivity contribution in [2.45, 2.75) is 27.2 Å². The Hall–Kier alpha value is -1.09. The monoisotopic (exact) mass is 364 g/mol. The minimum Gasteiger partial charge on any atom is -0.0955 e. The SMILES string of the molecule is C=C(C)c1ccccc1.CC1=CC(C)=C(I)CC=C1. The van der Waals surface area contributed by atoms with E-state index < -0.39 is 0 Å². The van der Waals surface area contributed by atoms with Crippen molar-refractivity contribution in [1.29, 1.82) is 0 Å². The summed E-state index contributed by atoms with van der Waals surface area (Å²) in [5, 5.41) is 0. The maximum absolute atomic E-state index is 3.83. The molecule has 0 aliphatic heterocycles. The van der Waals surface area contributed by atoms with Gasteiger partial charge in [0.25, 0.3) is 0 Å². The van der Waals surface area contributed by atoms with Gasteiger partial charge in [0.1, 0.15) is 0 Å². The second-order valence-corrected chi connectivity index (χ2v) is 6.03. The Morgan fingerprint density at radius 3 is 2.32 bits per heavy atom. The first-order chi connectivity index (χ1) is 9.00. The van der Waals surface area contributed by atoms with E-state index in [9.17, 15) is 0 Å². The van der Waals surface area contributed by atoms with Crippen molar-refractivity contribution in [3.63, 3.8) is 0 Å². The summed E-state index contributed by atoms with van der Waals surface area (Å²) in [6, 6.07) is 10.2. The van der Waals surface area contributed by atoms with E-state index in [0.717, 1.165) is 12.0 Å². The maximum Gasteiger partial charge on any atom is -0.00270 e. The number of hydrogen-bond donors (Lipinski definition) is 0. The Morgan fingerprint density at radius 2 is 1.79 bits per heavy atom. The average molecular weight is 364 g/mol. The Labute approximate surface area is 130 Å². The molecule has 1 aromatic rings. The summed E-state index contributed by atoms with van der Waals surface area (Å²) in [5.74, 6) is 0. The summed E-state index contributed by atoms with van der Waals surface area (Å²) >= 11 is 2.40. The smallest absolute Gasteiger partial charge is 0.00270 e. The standard InChI is InChI=1S/C9H11I.C9H10/c1-7-4-3-5-9(10)8(2)6-7;1-8(2)9-6-4-3-5-7-9/h3-4,6H,5H2,1-2H3;3-7H,1H2,2H3. The van der Waals surface area contributed by atoms with Gasteiger partial charge >= 0.3 is 0 Å². The van der Waals surface area contributed by atoms with Crippen molar-refractivity contribution in [1.82, 2.24) is 0 Å². The molecule has 0 unspecified atom stereocenters. The first-order valence-electron chi connectivity index (χ1n) is 6.41. The van der Waals surface area contributed by atoms with Crippen LogP contribution in [0.2, 0.25) is 0 Å². The van der Waals surface area contributed by atoms with Crippen LogP contribution in [0.25, 0.3) is 5.57 Å². The molecule has 0 heterocycles. The van der Waals surface area contributed by atoms with Crippen LogP contribution in [0.1, 0.15) is 32.8 Å². The van der Waals surface area contributed by atoms with Gasteiger partial charge in [-0.15, -0.1) is 0 Å². The van der Waals surface area contributed by atoms with Crippen molar-refractivity contribution in [2.75, 3.05) is 0 Å². The number of hydrogen-bond acceptors (Lipinski definition) is 0. The van der Waals surface area contributed by atoms with Gasteiger partial charge in [0, 0.05) is 0 Å². The number of benzene rings is 1. The Morgan fingerprint density at radius 1 is 1.16 bits per heavy atom. The van der Waals surface area contributed by atoms with Gasteiger partial charge in [0.05, 0.1) is 0 Å². The summed E-state index contributed by atoms with van der Waals surface area (Å²) in [5.41, 5.74) is 5.10. The van der Waals surface area contributed by atoms with E-state index in [2.05, 4.69) is 73.4 Å². The van der Waals surface area contributed by atoms with E-state index >= 15 is 0 Å². The van der Waals surface area contributed by atoms with E-state index in [0.29, 0.717) is 0 Å². The highest BCUT2D eigenvalue weighted by Crippen LogP contribution is 2.22. The van der Waals surface area contributed by atoms with Gasteiger partial charge in [-0.3, -0.25) is 0 Å². The van der Waals surface area contributed by atoms with Crippen molar-refractivity contribution < 1.29 is 0 Å². The molecule has 0 saturated heterocycles. The lowest BCUT2D eigenvalue weighted by molar-refractivity contribution is 1.33. The molecule has 0 aromatic heterocycles. The Balaban J connectivity index is 0.000000191. The molecule has 0 spiro atoms. The van der Waals surface area contributed by atoms with Crippen molar-refractivity contribution in [2.24, 2.45) is 0 Å². The summed E-state index contributed by atoms with van der Waals surface area (Å²) in [6.07, 6.45) is 7.71. The molecular weight excluding hydrogens is 343 g/mol. The lowest BCUT2D eigenvalue weighted by atomic mass is 10.1. The van der Waals surface area contributed by atoms with Crippen LogP contribution in [0.5, 0.6) is 0 Å². The molecule has 1 aromatic carbocycles. The Kier molecular flexibility index (Phi) is 6.85. The third-order valence-corrected chi connectivity index (χ3v) is 4.11. The molecule has 0 saturated carbocycles. The maximum atomic E-state index is 3.83. The third-order valence-electron chi connectivity index (χ3n) is 2.82. The van der Waals surface area contributed by atoms with Gasteiger partial charge in [-0.1, -0.05) is 66.3 Å². The highest BCUT2D eigenvalue weighted by molar-refractivity contribution is 14.1. The minimum absolute atomic E-state index is 1.10. The average Bonchev–Trinajstić information content (AvgIpc) is 2.53. The van der Waals surface area contributed by atoms with E-state index in [1.54, 1.807) is 0 Å². The van der Waals surface area contributed by atoms with Gasteiger partial charge in [-0.05, 0) is 64.5 Å². The molecule has 1 aliphatic rings. The second-order valence-electron chi connectivity index (χ2n) is 4.73. The molecule has 1 aliphatic carbocycles. The van der Waals surface area contributed by atoms with Crippen LogP contribution in [-0.4, -0.2) is 0 Å². The van der Waals surface area contributed by atoms with Crippen LogP contribution in [0.15, 0.2) is 69.9 Å². The first-order valence-corrected chi connectivity index (χ1v) is 7.49. The van der Waals surface area contributed by atoms with E-state index in [4.69, 9.17) is 0 Å². The quantitative estimate of drug-likeness (QED) is 0.512. The minimum atomic E-state index is 1.10. The molecule has 19 heavy (non-hydrogen) atoms. The van der Waals surface area contributed by atoms with Crippen LogP contribution >= 0.6 is 22.6 Å². The van der Waals surface area contributed by atoms with Gasteiger partial charge in [-0.25, -0.2) is 0 Å². The zero-order chi connectivity index (χ0) is 14.3. The van der Waals surface area contributed by atoms with Gasteiger partial charge < -0.3 is 0 Å². The largest absolute Gasteiger partial charge is 0.0955 e. The Bertz CT molecular complexity index is 516. The summed E-state index contributed by atoms with van der Waals surface area (Å²) in [4.78, 5) is 0. The van der Waals surface area contributed by atoms with Gasteiger partial charge in [0.15, 0.2) is 0 Å². The zero-order valence-corrected chi connectivity index (χ0v) is 14.1. The predicted octanol–water partition coefficient (Wildman–Crippen LogP) is 6.32. The van der Waals surface area contributed by atoms with E-state index in [1.165, 1.54) is 20.3 Å². The molecule has 0 fully saturated rings. The zero-order valence-electron chi connectivity index (χ0n) is 11.9. The van der Waals surface area contributed by atoms with Gasteiger partial charge in [0.2, 0.25) is 0 Å². The van der Waals surface area contributed by atoms with Crippen LogP contribution in [-0.2, 0) is 0 Å². The fourth-order valence-electron chi connectivity index (χ4n) is 1.70. The summed E-state index contributed by atoms with van der Waals surface area (Å²) < 4.78 is 1.45. The lowest BCUT2D eigenvalue weighted by Crippen LogP contribution is -1.72. The topological polar surface area (TPSA) is 0 Å². The molecule has 0 N–H and O–H groups in total. The molecule has 0 radical (unpaired) electrons. The molecule has 0 atom stereocenters.